The fraction of sp³-hybridized carbons (Fsp3) is 0.294. The Kier molecular flexibility index (Phi) is 5.67. The van der Waals surface area contributed by atoms with Crippen molar-refractivity contribution in [2.24, 2.45) is 0 Å². The van der Waals surface area contributed by atoms with Crippen LogP contribution in [-0.2, 0) is 15.7 Å². The minimum atomic E-state index is -3.10. The van der Waals surface area contributed by atoms with Crippen LogP contribution in [0.2, 0.25) is 5.02 Å². The van der Waals surface area contributed by atoms with Crippen LogP contribution in [-0.4, -0.2) is 25.4 Å². The molecule has 2 unspecified atom stereocenters. The lowest BCUT2D eigenvalue weighted by Gasteiger charge is -2.17. The third-order valence-corrected chi connectivity index (χ3v) is 6.20. The van der Waals surface area contributed by atoms with Gasteiger partial charge in [0.2, 0.25) is 0 Å². The second kappa shape index (κ2) is 7.62. The fourth-order valence-electron chi connectivity index (χ4n) is 2.65. The minimum absolute atomic E-state index is 0.0763. The molecule has 2 aromatic heterocycles. The Morgan fingerprint density at radius 2 is 2.07 bits per heavy atom. The van der Waals surface area contributed by atoms with Crippen LogP contribution in [0.4, 0.5) is 18.3 Å². The Morgan fingerprint density at radius 3 is 2.59 bits per heavy atom. The van der Waals surface area contributed by atoms with E-state index in [0.717, 1.165) is 18.3 Å². The van der Waals surface area contributed by atoms with Crippen LogP contribution in [0, 0.1) is 17.5 Å². The number of hydrogen-bond acceptors (Lipinski definition) is 6. The van der Waals surface area contributed by atoms with Crippen molar-refractivity contribution in [3.63, 3.8) is 0 Å². The second-order valence-corrected chi connectivity index (χ2v) is 9.91. The summed E-state index contributed by atoms with van der Waals surface area (Å²) >= 11 is 6.87. The topological polar surface area (TPSA) is 94.5 Å². The molecule has 2 atom stereocenters. The summed E-state index contributed by atoms with van der Waals surface area (Å²) in [7, 11) is -3.10. The molecule has 0 aliphatic rings. The third kappa shape index (κ3) is 4.73. The Morgan fingerprint density at radius 1 is 1.38 bits per heavy atom. The van der Waals surface area contributed by atoms with Gasteiger partial charge in [0.25, 0.3) is 5.92 Å². The van der Waals surface area contributed by atoms with Gasteiger partial charge in [0.1, 0.15) is 23.4 Å². The summed E-state index contributed by atoms with van der Waals surface area (Å²) in [6.45, 7) is 2.37. The lowest BCUT2D eigenvalue weighted by Crippen LogP contribution is -2.15. The summed E-state index contributed by atoms with van der Waals surface area (Å²) in [4.78, 5) is 11.1. The number of aromatic nitrogens is 3. The molecule has 12 heteroatoms. The van der Waals surface area contributed by atoms with E-state index in [4.69, 9.17) is 16.4 Å². The number of rotatable bonds is 6. The standard InChI is InChI=1S/C17H17ClF3N5OS2/c1-8-15(29(3,22)27)26-14(23-8)13(9-4-5-11(19)10(18)6-9)25-16-24-12(7-28-16)17(2,20)21/h4-7,13,22H,1-3H3,(H,23,26)(H,24,25). The summed E-state index contributed by atoms with van der Waals surface area (Å²) in [5.41, 5.74) is 0.520. The molecular weight excluding hydrogens is 447 g/mol. The van der Waals surface area contributed by atoms with E-state index >= 15 is 0 Å². The van der Waals surface area contributed by atoms with E-state index in [2.05, 4.69) is 20.3 Å². The van der Waals surface area contributed by atoms with Gasteiger partial charge in [-0.3, -0.25) is 0 Å². The maximum atomic E-state index is 13.6. The van der Waals surface area contributed by atoms with Gasteiger partial charge in [0.15, 0.2) is 10.2 Å². The molecule has 0 amide bonds. The maximum Gasteiger partial charge on any atom is 0.287 e. The molecule has 0 bridgehead atoms. The van der Waals surface area contributed by atoms with E-state index in [1.54, 1.807) is 6.92 Å². The molecule has 156 valence electrons. The highest BCUT2D eigenvalue weighted by atomic mass is 35.5. The van der Waals surface area contributed by atoms with Crippen molar-refractivity contribution < 1.29 is 17.4 Å². The number of aromatic amines is 1. The number of nitrogens with zero attached hydrogens (tertiary/aromatic N) is 2. The van der Waals surface area contributed by atoms with Crippen molar-refractivity contribution in [1.82, 2.24) is 15.0 Å². The van der Waals surface area contributed by atoms with Gasteiger partial charge in [0.05, 0.1) is 14.8 Å². The molecule has 3 N–H and O–H groups in total. The predicted octanol–water partition coefficient (Wildman–Crippen LogP) is 5.32. The van der Waals surface area contributed by atoms with Crippen LogP contribution in [0.25, 0.3) is 0 Å². The Balaban J connectivity index is 2.07. The maximum absolute atomic E-state index is 13.6. The minimum Gasteiger partial charge on any atom is -0.348 e. The van der Waals surface area contributed by atoms with Gasteiger partial charge in [-0.1, -0.05) is 17.7 Å². The Labute approximate surface area is 174 Å². The van der Waals surface area contributed by atoms with Crippen LogP contribution in [0.3, 0.4) is 0 Å². The first-order chi connectivity index (χ1) is 13.4. The fourth-order valence-corrected chi connectivity index (χ4v) is 4.57. The molecule has 29 heavy (non-hydrogen) atoms. The van der Waals surface area contributed by atoms with Crippen molar-refractivity contribution in [2.45, 2.75) is 30.8 Å². The zero-order valence-corrected chi connectivity index (χ0v) is 17.9. The molecule has 0 spiro atoms. The molecule has 0 fully saturated rings. The smallest absolute Gasteiger partial charge is 0.287 e. The highest BCUT2D eigenvalue weighted by Crippen LogP contribution is 2.34. The van der Waals surface area contributed by atoms with Crippen LogP contribution < -0.4 is 5.32 Å². The van der Waals surface area contributed by atoms with Crippen molar-refractivity contribution >= 4 is 37.8 Å². The zero-order valence-electron chi connectivity index (χ0n) is 15.5. The van der Waals surface area contributed by atoms with E-state index in [1.165, 1.54) is 29.8 Å². The van der Waals surface area contributed by atoms with E-state index in [-0.39, 0.29) is 26.7 Å². The highest BCUT2D eigenvalue weighted by molar-refractivity contribution is 7.91. The average Bonchev–Trinajstić information content (AvgIpc) is 3.21. The Hall–Kier alpha value is -2.11. The first-order valence-corrected chi connectivity index (χ1v) is 11.4. The number of H-pyrrole nitrogens is 1. The van der Waals surface area contributed by atoms with E-state index in [9.17, 15) is 17.4 Å². The molecule has 3 aromatic rings. The number of imidazole rings is 1. The zero-order chi connectivity index (χ0) is 21.6. The number of benzene rings is 1. The molecule has 6 nitrogen and oxygen atoms in total. The number of anilines is 1. The molecule has 0 aliphatic heterocycles. The molecule has 0 aliphatic carbocycles. The first-order valence-electron chi connectivity index (χ1n) is 8.22. The van der Waals surface area contributed by atoms with E-state index in [0.29, 0.717) is 11.3 Å². The molecule has 1 aromatic carbocycles. The van der Waals surface area contributed by atoms with E-state index < -0.39 is 27.5 Å². The normalized spacial score (nSPS) is 15.1. The van der Waals surface area contributed by atoms with Gasteiger partial charge in [-0.2, -0.15) is 8.78 Å². The van der Waals surface area contributed by atoms with Crippen LogP contribution in [0.5, 0.6) is 0 Å². The van der Waals surface area contributed by atoms with Crippen molar-refractivity contribution in [2.75, 3.05) is 11.6 Å². The van der Waals surface area contributed by atoms with Crippen LogP contribution in [0.1, 0.15) is 35.7 Å². The van der Waals surface area contributed by atoms with Crippen LogP contribution >= 0.6 is 22.9 Å². The first kappa shape index (κ1) is 21.6. The molecule has 0 radical (unpaired) electrons. The van der Waals surface area contributed by atoms with Gasteiger partial charge in [-0.25, -0.2) is 23.3 Å². The summed E-state index contributed by atoms with van der Waals surface area (Å²) in [6.07, 6.45) is 1.24. The van der Waals surface area contributed by atoms with Crippen molar-refractivity contribution in [3.05, 3.63) is 57.2 Å². The largest absolute Gasteiger partial charge is 0.348 e. The SMILES string of the molecule is Cc1[nH]c(C(Nc2nc(C(C)(F)F)cs2)c2ccc(F)c(Cl)c2)nc1S(C)(=N)=O. The van der Waals surface area contributed by atoms with E-state index in [1.807, 2.05) is 0 Å². The van der Waals surface area contributed by atoms with Gasteiger partial charge in [-0.05, 0) is 24.6 Å². The quantitative estimate of drug-likeness (QED) is 0.461. The predicted molar refractivity (Wildman–Crippen MR) is 107 cm³/mol. The van der Waals surface area contributed by atoms with Crippen LogP contribution in [0.15, 0.2) is 28.6 Å². The molecular formula is C17H17ClF3N5OS2. The lowest BCUT2D eigenvalue weighted by atomic mass is 10.1. The van der Waals surface area contributed by atoms with Gasteiger partial charge >= 0.3 is 0 Å². The summed E-state index contributed by atoms with van der Waals surface area (Å²) in [6, 6.07) is 3.22. The molecule has 0 saturated carbocycles. The van der Waals surface area contributed by atoms with Gasteiger partial charge < -0.3 is 10.3 Å². The average molecular weight is 464 g/mol. The second-order valence-electron chi connectivity index (χ2n) is 6.57. The Bertz CT molecular complexity index is 1150. The van der Waals surface area contributed by atoms with Crippen molar-refractivity contribution in [1.29, 1.82) is 4.78 Å². The van der Waals surface area contributed by atoms with Gasteiger partial charge in [0, 0.05) is 24.3 Å². The monoisotopic (exact) mass is 463 g/mol. The highest BCUT2D eigenvalue weighted by Gasteiger charge is 2.29. The third-order valence-electron chi connectivity index (χ3n) is 4.00. The summed E-state index contributed by atoms with van der Waals surface area (Å²) in [5.74, 6) is -3.45. The molecule has 2 heterocycles. The number of nitrogens with one attached hydrogen (secondary N) is 3. The number of alkyl halides is 2. The molecule has 0 saturated heterocycles. The number of thiazole rings is 1. The summed E-state index contributed by atoms with van der Waals surface area (Å²) < 4.78 is 60.6. The number of aryl methyl sites for hydroxylation is 1. The lowest BCUT2D eigenvalue weighted by molar-refractivity contribution is 0.0135. The number of hydrogen-bond donors (Lipinski definition) is 3. The summed E-state index contributed by atoms with van der Waals surface area (Å²) in [5, 5.41) is 4.36. The van der Waals surface area contributed by atoms with Crippen molar-refractivity contribution in [3.8, 4) is 0 Å². The number of halogens is 4. The molecule has 3 rings (SSSR count). The van der Waals surface area contributed by atoms with Gasteiger partial charge in [-0.15, -0.1) is 11.3 Å².